The lowest BCUT2D eigenvalue weighted by atomic mass is 10.0. The van der Waals surface area contributed by atoms with Gasteiger partial charge in [-0.05, 0) is 58.4 Å². The van der Waals surface area contributed by atoms with Gasteiger partial charge in [0.1, 0.15) is 5.82 Å². The molecule has 0 aliphatic carbocycles. The molecule has 0 saturated carbocycles. The summed E-state index contributed by atoms with van der Waals surface area (Å²) in [6, 6.07) is 4.36. The Morgan fingerprint density at radius 1 is 1.10 bits per heavy atom. The van der Waals surface area contributed by atoms with E-state index in [4.69, 9.17) is 4.84 Å². The van der Waals surface area contributed by atoms with Gasteiger partial charge in [0.25, 0.3) is 0 Å². The standard InChI is InChI=1S/C20H29FN6O2/c1-14-12-15(21)6-7-16(14)17-13-23-20(22-8-10-26(2)3)25-18(17)19(28)29-24-9-11-27(4)5/h6-7,12-13,24H,8-11H2,1-5H3,(H,22,23,25). The van der Waals surface area contributed by atoms with Crippen molar-refractivity contribution in [1.82, 2.24) is 25.2 Å². The first-order valence-corrected chi connectivity index (χ1v) is 9.39. The minimum Gasteiger partial charge on any atom is -0.366 e. The molecule has 0 bridgehead atoms. The molecular weight excluding hydrogens is 375 g/mol. The van der Waals surface area contributed by atoms with Crippen molar-refractivity contribution in [3.8, 4) is 11.1 Å². The Labute approximate surface area is 171 Å². The highest BCUT2D eigenvalue weighted by molar-refractivity contribution is 5.95. The lowest BCUT2D eigenvalue weighted by molar-refractivity contribution is 0.0237. The largest absolute Gasteiger partial charge is 0.376 e. The summed E-state index contributed by atoms with van der Waals surface area (Å²) in [4.78, 5) is 30.5. The fourth-order valence-corrected chi connectivity index (χ4v) is 2.57. The molecule has 0 atom stereocenters. The molecule has 0 radical (unpaired) electrons. The summed E-state index contributed by atoms with van der Waals surface area (Å²) >= 11 is 0. The minimum absolute atomic E-state index is 0.111. The molecular formula is C20H29FN6O2. The summed E-state index contributed by atoms with van der Waals surface area (Å²) < 4.78 is 13.5. The third-order valence-electron chi connectivity index (χ3n) is 4.13. The molecule has 9 heteroatoms. The molecule has 2 aromatic rings. The first-order chi connectivity index (χ1) is 13.8. The molecule has 29 heavy (non-hydrogen) atoms. The quantitative estimate of drug-likeness (QED) is 0.458. The Kier molecular flexibility index (Phi) is 8.44. The Hall–Kier alpha value is -2.62. The molecule has 2 rings (SSSR count). The van der Waals surface area contributed by atoms with Crippen LogP contribution in [-0.4, -0.2) is 80.1 Å². The highest BCUT2D eigenvalue weighted by Crippen LogP contribution is 2.27. The number of nitrogens with zero attached hydrogens (tertiary/aromatic N) is 4. The van der Waals surface area contributed by atoms with Crippen LogP contribution in [0.2, 0.25) is 0 Å². The van der Waals surface area contributed by atoms with Crippen LogP contribution in [0, 0.1) is 12.7 Å². The second-order valence-electron chi connectivity index (χ2n) is 7.23. The maximum absolute atomic E-state index is 13.5. The van der Waals surface area contributed by atoms with Crippen LogP contribution < -0.4 is 10.8 Å². The molecule has 8 nitrogen and oxygen atoms in total. The van der Waals surface area contributed by atoms with E-state index in [0.717, 1.165) is 6.54 Å². The van der Waals surface area contributed by atoms with Crippen LogP contribution in [0.5, 0.6) is 0 Å². The Morgan fingerprint density at radius 2 is 1.79 bits per heavy atom. The van der Waals surface area contributed by atoms with E-state index in [1.54, 1.807) is 19.2 Å². The molecule has 0 aliphatic heterocycles. The van der Waals surface area contributed by atoms with Gasteiger partial charge in [0.2, 0.25) is 5.95 Å². The number of carbonyl (C=O) groups is 1. The van der Waals surface area contributed by atoms with Gasteiger partial charge in [-0.25, -0.2) is 19.2 Å². The third-order valence-corrected chi connectivity index (χ3v) is 4.13. The van der Waals surface area contributed by atoms with E-state index in [2.05, 4.69) is 20.8 Å². The lowest BCUT2D eigenvalue weighted by Gasteiger charge is -2.14. The van der Waals surface area contributed by atoms with Crippen molar-refractivity contribution in [2.24, 2.45) is 0 Å². The molecule has 0 saturated heterocycles. The zero-order chi connectivity index (χ0) is 21.4. The first-order valence-electron chi connectivity index (χ1n) is 9.39. The van der Waals surface area contributed by atoms with Crippen molar-refractivity contribution in [3.05, 3.63) is 41.5 Å². The highest BCUT2D eigenvalue weighted by atomic mass is 19.1. The summed E-state index contributed by atoms with van der Waals surface area (Å²) in [6.45, 7) is 4.36. The Bertz CT molecular complexity index is 829. The summed E-state index contributed by atoms with van der Waals surface area (Å²) in [5.41, 5.74) is 4.60. The van der Waals surface area contributed by atoms with Gasteiger partial charge in [0.15, 0.2) is 5.69 Å². The summed E-state index contributed by atoms with van der Waals surface area (Å²) in [6.07, 6.45) is 1.56. The van der Waals surface area contributed by atoms with Crippen LogP contribution in [0.25, 0.3) is 11.1 Å². The maximum Gasteiger partial charge on any atom is 0.376 e. The number of aryl methyl sites for hydroxylation is 1. The first kappa shape index (κ1) is 22.7. The smallest absolute Gasteiger partial charge is 0.366 e. The monoisotopic (exact) mass is 404 g/mol. The number of likely N-dealkylation sites (N-methyl/N-ethyl adjacent to an activating group) is 2. The summed E-state index contributed by atoms with van der Waals surface area (Å²) in [5, 5.41) is 3.10. The molecule has 0 unspecified atom stereocenters. The van der Waals surface area contributed by atoms with E-state index in [1.165, 1.54) is 12.1 Å². The van der Waals surface area contributed by atoms with Crippen LogP contribution in [0.3, 0.4) is 0 Å². The molecule has 0 spiro atoms. The predicted molar refractivity (Wildman–Crippen MR) is 111 cm³/mol. The normalized spacial score (nSPS) is 11.2. The van der Waals surface area contributed by atoms with Gasteiger partial charge in [-0.1, -0.05) is 6.07 Å². The predicted octanol–water partition coefficient (Wildman–Crippen LogP) is 1.79. The number of rotatable bonds is 10. The lowest BCUT2D eigenvalue weighted by Crippen LogP contribution is -2.29. The Balaban J connectivity index is 2.27. The van der Waals surface area contributed by atoms with E-state index >= 15 is 0 Å². The van der Waals surface area contributed by atoms with E-state index in [1.807, 2.05) is 38.0 Å². The third kappa shape index (κ3) is 7.04. The molecule has 0 aliphatic rings. The van der Waals surface area contributed by atoms with Crippen molar-refractivity contribution >= 4 is 11.9 Å². The number of benzene rings is 1. The van der Waals surface area contributed by atoms with Gasteiger partial charge in [-0.3, -0.25) is 0 Å². The summed E-state index contributed by atoms with van der Waals surface area (Å²) in [5.74, 6) is -0.639. The molecule has 1 aromatic heterocycles. The van der Waals surface area contributed by atoms with Crippen LogP contribution in [0.4, 0.5) is 10.3 Å². The zero-order valence-corrected chi connectivity index (χ0v) is 17.6. The highest BCUT2D eigenvalue weighted by Gasteiger charge is 2.20. The van der Waals surface area contributed by atoms with Crippen LogP contribution in [0.15, 0.2) is 24.4 Å². The van der Waals surface area contributed by atoms with Gasteiger partial charge in [-0.15, -0.1) is 0 Å². The number of hydrogen-bond acceptors (Lipinski definition) is 8. The molecule has 158 valence electrons. The Morgan fingerprint density at radius 3 is 2.45 bits per heavy atom. The van der Waals surface area contributed by atoms with Crippen LogP contribution >= 0.6 is 0 Å². The number of carbonyl (C=O) groups excluding carboxylic acids is 1. The number of halogens is 1. The second-order valence-corrected chi connectivity index (χ2v) is 7.23. The van der Waals surface area contributed by atoms with Gasteiger partial charge >= 0.3 is 5.97 Å². The average molecular weight is 404 g/mol. The SMILES string of the molecule is Cc1cc(F)ccc1-c1cnc(NCCN(C)C)nc1C(=O)ONCCN(C)C. The van der Waals surface area contributed by atoms with E-state index in [0.29, 0.717) is 42.3 Å². The van der Waals surface area contributed by atoms with Crippen molar-refractivity contribution in [3.63, 3.8) is 0 Å². The number of nitrogens with one attached hydrogen (secondary N) is 2. The summed E-state index contributed by atoms with van der Waals surface area (Å²) in [7, 11) is 7.78. The van der Waals surface area contributed by atoms with Crippen molar-refractivity contribution in [2.45, 2.75) is 6.92 Å². The molecule has 1 heterocycles. The topological polar surface area (TPSA) is 82.6 Å². The second kappa shape index (κ2) is 10.8. The van der Waals surface area contributed by atoms with E-state index in [-0.39, 0.29) is 11.5 Å². The zero-order valence-electron chi connectivity index (χ0n) is 17.6. The molecule has 2 N–H and O–H groups in total. The minimum atomic E-state index is -0.624. The van der Waals surface area contributed by atoms with Crippen molar-refractivity contribution in [2.75, 3.05) is 59.7 Å². The van der Waals surface area contributed by atoms with Gasteiger partial charge in [0, 0.05) is 37.9 Å². The fourth-order valence-electron chi connectivity index (χ4n) is 2.57. The van der Waals surface area contributed by atoms with Crippen molar-refractivity contribution < 1.29 is 14.0 Å². The van der Waals surface area contributed by atoms with Crippen molar-refractivity contribution in [1.29, 1.82) is 0 Å². The van der Waals surface area contributed by atoms with Gasteiger partial charge < -0.3 is 20.0 Å². The van der Waals surface area contributed by atoms with Gasteiger partial charge in [0.05, 0.1) is 0 Å². The number of aromatic nitrogens is 2. The number of anilines is 1. The van der Waals surface area contributed by atoms with Gasteiger partial charge in [-0.2, -0.15) is 5.48 Å². The number of hydrogen-bond donors (Lipinski definition) is 2. The average Bonchev–Trinajstić information content (AvgIpc) is 2.65. The maximum atomic E-state index is 13.5. The van der Waals surface area contributed by atoms with E-state index < -0.39 is 5.97 Å². The molecule has 1 aromatic carbocycles. The molecule has 0 fully saturated rings. The van der Waals surface area contributed by atoms with Crippen LogP contribution in [0.1, 0.15) is 16.1 Å². The van der Waals surface area contributed by atoms with E-state index in [9.17, 15) is 9.18 Å². The molecule has 0 amide bonds. The van der Waals surface area contributed by atoms with Crippen LogP contribution in [-0.2, 0) is 4.84 Å². The number of hydroxylamine groups is 1. The fraction of sp³-hybridized carbons (Fsp3) is 0.450.